The van der Waals surface area contributed by atoms with E-state index in [1.165, 1.54) is 4.88 Å². The van der Waals surface area contributed by atoms with E-state index in [0.717, 1.165) is 18.7 Å². The topological polar surface area (TPSA) is 70.7 Å². The summed E-state index contributed by atoms with van der Waals surface area (Å²) in [5, 5.41) is 7.47. The fourth-order valence-corrected chi connectivity index (χ4v) is 3.80. The summed E-state index contributed by atoms with van der Waals surface area (Å²) in [6.07, 6.45) is 0. The third-order valence-electron chi connectivity index (χ3n) is 4.41. The molecule has 1 aromatic heterocycles. The van der Waals surface area contributed by atoms with Crippen LogP contribution >= 0.6 is 11.3 Å². The zero-order valence-corrected chi connectivity index (χ0v) is 15.6. The molecule has 0 aliphatic carbocycles. The third kappa shape index (κ3) is 4.69. The Labute approximate surface area is 157 Å². The molecule has 7 heteroatoms. The SMILES string of the molecule is Cc1ccccc1NC(=O)C(=O)NCC(c1cccs1)N1CCOCC1. The Morgan fingerprint density at radius 1 is 1.15 bits per heavy atom. The average molecular weight is 373 g/mol. The number of para-hydroxylation sites is 1. The summed E-state index contributed by atoms with van der Waals surface area (Å²) in [6, 6.07) is 11.5. The van der Waals surface area contributed by atoms with Crippen molar-refractivity contribution in [3.63, 3.8) is 0 Å². The third-order valence-corrected chi connectivity index (χ3v) is 5.39. The van der Waals surface area contributed by atoms with E-state index in [2.05, 4.69) is 21.6 Å². The largest absolute Gasteiger partial charge is 0.379 e. The molecule has 26 heavy (non-hydrogen) atoms. The van der Waals surface area contributed by atoms with Gasteiger partial charge in [0.15, 0.2) is 0 Å². The van der Waals surface area contributed by atoms with Gasteiger partial charge in [-0.1, -0.05) is 24.3 Å². The number of morpholine rings is 1. The molecule has 3 rings (SSSR count). The highest BCUT2D eigenvalue weighted by molar-refractivity contribution is 7.10. The van der Waals surface area contributed by atoms with Crippen LogP contribution in [0.3, 0.4) is 0 Å². The van der Waals surface area contributed by atoms with Crippen LogP contribution < -0.4 is 10.6 Å². The number of amides is 2. The molecule has 2 N–H and O–H groups in total. The molecule has 0 bridgehead atoms. The minimum atomic E-state index is -0.647. The molecule has 0 radical (unpaired) electrons. The molecule has 1 atom stereocenters. The van der Waals surface area contributed by atoms with Crippen LogP contribution in [-0.2, 0) is 14.3 Å². The van der Waals surface area contributed by atoms with Crippen LogP contribution in [0, 0.1) is 6.92 Å². The van der Waals surface area contributed by atoms with E-state index in [0.29, 0.717) is 25.4 Å². The van der Waals surface area contributed by atoms with E-state index in [4.69, 9.17) is 4.74 Å². The Hall–Kier alpha value is -2.22. The zero-order chi connectivity index (χ0) is 18.4. The summed E-state index contributed by atoms with van der Waals surface area (Å²) < 4.78 is 5.42. The summed E-state index contributed by atoms with van der Waals surface area (Å²) in [5.41, 5.74) is 1.56. The lowest BCUT2D eigenvalue weighted by Gasteiger charge is -2.34. The van der Waals surface area contributed by atoms with Gasteiger partial charge in [-0.15, -0.1) is 11.3 Å². The number of aryl methyl sites for hydroxylation is 1. The highest BCUT2D eigenvalue weighted by Crippen LogP contribution is 2.25. The molecule has 1 unspecified atom stereocenters. The molecule has 1 fully saturated rings. The first kappa shape index (κ1) is 18.6. The molecule has 1 saturated heterocycles. The first-order valence-corrected chi connectivity index (χ1v) is 9.53. The van der Waals surface area contributed by atoms with Crippen LogP contribution in [0.25, 0.3) is 0 Å². The van der Waals surface area contributed by atoms with Gasteiger partial charge in [0.25, 0.3) is 0 Å². The maximum atomic E-state index is 12.3. The number of rotatable bonds is 5. The number of thiophene rings is 1. The van der Waals surface area contributed by atoms with Gasteiger partial charge < -0.3 is 15.4 Å². The minimum absolute atomic E-state index is 0.0501. The standard InChI is InChI=1S/C19H23N3O3S/c1-14-5-2-3-6-15(14)21-19(24)18(23)20-13-16(17-7-4-12-26-17)22-8-10-25-11-9-22/h2-7,12,16H,8-11,13H2,1H3,(H,20,23)(H,21,24). The van der Waals surface area contributed by atoms with Crippen LogP contribution in [0.1, 0.15) is 16.5 Å². The van der Waals surface area contributed by atoms with E-state index in [1.807, 2.05) is 36.6 Å². The van der Waals surface area contributed by atoms with Crippen LogP contribution in [0.5, 0.6) is 0 Å². The number of nitrogens with zero attached hydrogens (tertiary/aromatic N) is 1. The quantitative estimate of drug-likeness (QED) is 0.788. The second kappa shape index (κ2) is 8.93. The van der Waals surface area contributed by atoms with Gasteiger partial charge in [0.05, 0.1) is 19.3 Å². The van der Waals surface area contributed by atoms with Crippen LogP contribution in [0.4, 0.5) is 5.69 Å². The minimum Gasteiger partial charge on any atom is -0.379 e. The maximum Gasteiger partial charge on any atom is 0.313 e. The van der Waals surface area contributed by atoms with Gasteiger partial charge >= 0.3 is 11.8 Å². The van der Waals surface area contributed by atoms with Crippen LogP contribution in [-0.4, -0.2) is 49.6 Å². The fourth-order valence-electron chi connectivity index (χ4n) is 2.94. The van der Waals surface area contributed by atoms with Gasteiger partial charge in [0, 0.05) is 30.2 Å². The molecule has 1 aliphatic rings. The molecule has 1 aromatic carbocycles. The lowest BCUT2D eigenvalue weighted by Crippen LogP contribution is -2.45. The Balaban J connectivity index is 1.60. The molecular weight excluding hydrogens is 350 g/mol. The first-order valence-electron chi connectivity index (χ1n) is 8.65. The molecule has 2 amide bonds. The smallest absolute Gasteiger partial charge is 0.313 e. The predicted octanol–water partition coefficient (Wildman–Crippen LogP) is 2.18. The summed E-state index contributed by atoms with van der Waals surface area (Å²) >= 11 is 1.65. The van der Waals surface area contributed by atoms with Crippen molar-refractivity contribution in [3.8, 4) is 0 Å². The Bertz CT molecular complexity index is 742. The summed E-state index contributed by atoms with van der Waals surface area (Å²) in [4.78, 5) is 27.9. The first-order chi connectivity index (χ1) is 12.6. The van der Waals surface area contributed by atoms with Gasteiger partial charge in [-0.05, 0) is 30.0 Å². The molecule has 138 valence electrons. The number of hydrogen-bond donors (Lipinski definition) is 2. The van der Waals surface area contributed by atoms with Crippen molar-refractivity contribution >= 4 is 28.8 Å². The Morgan fingerprint density at radius 2 is 1.92 bits per heavy atom. The van der Waals surface area contributed by atoms with Crippen molar-refractivity contribution in [3.05, 3.63) is 52.2 Å². The van der Waals surface area contributed by atoms with Gasteiger partial charge in [0.1, 0.15) is 0 Å². The number of carbonyl (C=O) groups excluding carboxylic acids is 2. The van der Waals surface area contributed by atoms with Crippen molar-refractivity contribution in [1.82, 2.24) is 10.2 Å². The van der Waals surface area contributed by atoms with E-state index in [9.17, 15) is 9.59 Å². The molecule has 0 saturated carbocycles. The molecule has 1 aliphatic heterocycles. The van der Waals surface area contributed by atoms with Crippen molar-refractivity contribution in [2.75, 3.05) is 38.2 Å². The summed E-state index contributed by atoms with van der Waals surface area (Å²) in [7, 11) is 0. The second-order valence-corrected chi connectivity index (χ2v) is 7.14. The average Bonchev–Trinajstić information content (AvgIpc) is 3.19. The number of ether oxygens (including phenoxy) is 1. The van der Waals surface area contributed by atoms with E-state index in [1.54, 1.807) is 17.4 Å². The monoisotopic (exact) mass is 373 g/mol. The second-order valence-electron chi connectivity index (χ2n) is 6.16. The molecule has 6 nitrogen and oxygen atoms in total. The van der Waals surface area contributed by atoms with E-state index in [-0.39, 0.29) is 6.04 Å². The van der Waals surface area contributed by atoms with Gasteiger partial charge in [0.2, 0.25) is 0 Å². The number of nitrogens with one attached hydrogen (secondary N) is 2. The number of carbonyl (C=O) groups is 2. The summed E-state index contributed by atoms with van der Waals surface area (Å²) in [6.45, 7) is 5.27. The van der Waals surface area contributed by atoms with Crippen molar-refractivity contribution in [2.45, 2.75) is 13.0 Å². The summed E-state index contributed by atoms with van der Waals surface area (Å²) in [5.74, 6) is -1.27. The number of anilines is 1. The van der Waals surface area contributed by atoms with Crippen molar-refractivity contribution in [1.29, 1.82) is 0 Å². The number of benzene rings is 1. The zero-order valence-electron chi connectivity index (χ0n) is 14.7. The van der Waals surface area contributed by atoms with Gasteiger partial charge in [-0.2, -0.15) is 0 Å². The Morgan fingerprint density at radius 3 is 2.62 bits per heavy atom. The normalized spacial score (nSPS) is 16.0. The van der Waals surface area contributed by atoms with E-state index >= 15 is 0 Å². The molecular formula is C19H23N3O3S. The lowest BCUT2D eigenvalue weighted by atomic mass is 10.2. The fraction of sp³-hybridized carbons (Fsp3) is 0.368. The van der Waals surface area contributed by atoms with Crippen LogP contribution in [0.15, 0.2) is 41.8 Å². The highest BCUT2D eigenvalue weighted by atomic mass is 32.1. The van der Waals surface area contributed by atoms with E-state index < -0.39 is 11.8 Å². The van der Waals surface area contributed by atoms with Crippen molar-refractivity contribution < 1.29 is 14.3 Å². The maximum absolute atomic E-state index is 12.3. The highest BCUT2D eigenvalue weighted by Gasteiger charge is 2.25. The van der Waals surface area contributed by atoms with Gasteiger partial charge in [-0.3, -0.25) is 14.5 Å². The Kier molecular flexibility index (Phi) is 6.38. The number of hydrogen-bond acceptors (Lipinski definition) is 5. The molecule has 2 aromatic rings. The lowest BCUT2D eigenvalue weighted by molar-refractivity contribution is -0.136. The molecule has 2 heterocycles. The molecule has 0 spiro atoms. The van der Waals surface area contributed by atoms with Gasteiger partial charge in [-0.25, -0.2) is 0 Å². The predicted molar refractivity (Wildman–Crippen MR) is 102 cm³/mol. The van der Waals surface area contributed by atoms with Crippen LogP contribution in [0.2, 0.25) is 0 Å². The van der Waals surface area contributed by atoms with Crippen molar-refractivity contribution in [2.24, 2.45) is 0 Å².